The third-order valence-corrected chi connectivity index (χ3v) is 7.07. The van der Waals surface area contributed by atoms with Crippen molar-refractivity contribution in [2.45, 2.75) is 49.1 Å². The third kappa shape index (κ3) is 6.83. The van der Waals surface area contributed by atoms with Gasteiger partial charge in [-0.2, -0.15) is 0 Å². The van der Waals surface area contributed by atoms with E-state index in [1.807, 2.05) is 42.5 Å². The second kappa shape index (κ2) is 12.0. The monoisotopic (exact) mass is 525 g/mol. The molecule has 35 heavy (non-hydrogen) atoms. The molecule has 4 nitrogen and oxygen atoms in total. The Bertz CT molecular complexity index is 1240. The molecule has 0 radical (unpaired) electrons. The van der Waals surface area contributed by atoms with Crippen LogP contribution in [-0.4, -0.2) is 21.3 Å². The van der Waals surface area contributed by atoms with Crippen LogP contribution in [0.5, 0.6) is 0 Å². The topological polar surface area (TPSA) is 50.1 Å². The molecule has 7 heteroatoms. The number of rotatable bonds is 10. The van der Waals surface area contributed by atoms with Gasteiger partial charge in [-0.05, 0) is 60.4 Å². The lowest BCUT2D eigenvalue weighted by molar-refractivity contribution is 0.287. The van der Waals surface area contributed by atoms with Crippen LogP contribution in [0.25, 0.3) is 0 Å². The maximum atomic E-state index is 9.46. The molecule has 0 fully saturated rings. The summed E-state index contributed by atoms with van der Waals surface area (Å²) >= 11 is 14.2. The fourth-order valence-electron chi connectivity index (χ4n) is 3.84. The number of aryl methyl sites for hydroxylation is 1. The number of aliphatic hydroxyl groups excluding tert-OH is 1. The maximum Gasteiger partial charge on any atom is 0.110 e. The van der Waals surface area contributed by atoms with Gasteiger partial charge in [-0.1, -0.05) is 79.1 Å². The Morgan fingerprint density at radius 3 is 2.23 bits per heavy atom. The van der Waals surface area contributed by atoms with Crippen LogP contribution in [0.15, 0.2) is 82.7 Å². The van der Waals surface area contributed by atoms with E-state index in [2.05, 4.69) is 48.0 Å². The lowest BCUT2D eigenvalue weighted by atomic mass is 10.1. The van der Waals surface area contributed by atoms with E-state index in [1.165, 1.54) is 5.56 Å². The lowest BCUT2D eigenvalue weighted by Crippen LogP contribution is -2.08. The fraction of sp³-hybridized carbons (Fsp3) is 0.250. The van der Waals surface area contributed by atoms with Crippen molar-refractivity contribution in [3.05, 3.63) is 99.9 Å². The lowest BCUT2D eigenvalue weighted by Gasteiger charge is -2.14. The number of aliphatic hydroxyl groups is 1. The average molecular weight is 527 g/mol. The number of para-hydroxylation sites is 1. The Hall–Kier alpha value is -2.44. The van der Waals surface area contributed by atoms with Gasteiger partial charge in [0, 0.05) is 45.9 Å². The van der Waals surface area contributed by atoms with Crippen molar-refractivity contribution in [1.82, 2.24) is 9.55 Å². The molecule has 4 rings (SSSR count). The highest BCUT2D eigenvalue weighted by Crippen LogP contribution is 2.38. The molecule has 182 valence electrons. The predicted octanol–water partition coefficient (Wildman–Crippen LogP) is 8.18. The van der Waals surface area contributed by atoms with Gasteiger partial charge < -0.3 is 15.0 Å². The van der Waals surface area contributed by atoms with Crippen molar-refractivity contribution in [2.75, 3.05) is 11.9 Å². The summed E-state index contributed by atoms with van der Waals surface area (Å²) in [7, 11) is 0. The molecule has 0 aliphatic rings. The largest absolute Gasteiger partial charge is 0.396 e. The van der Waals surface area contributed by atoms with Crippen molar-refractivity contribution in [2.24, 2.45) is 0 Å². The molecule has 0 atom stereocenters. The van der Waals surface area contributed by atoms with Gasteiger partial charge in [-0.15, -0.1) is 0 Å². The van der Waals surface area contributed by atoms with E-state index in [1.54, 1.807) is 17.8 Å². The van der Waals surface area contributed by atoms with Crippen LogP contribution in [0.2, 0.25) is 10.0 Å². The van der Waals surface area contributed by atoms with Crippen LogP contribution in [0.1, 0.15) is 43.3 Å². The summed E-state index contributed by atoms with van der Waals surface area (Å²) in [5, 5.41) is 15.2. The Morgan fingerprint density at radius 2 is 1.60 bits per heavy atom. The number of nitrogens with one attached hydrogen (secondary N) is 1. The van der Waals surface area contributed by atoms with Gasteiger partial charge in [0.15, 0.2) is 0 Å². The SMILES string of the molecule is CC(C)c1nc(CCCO)n(Cc2ccc(Nc3ccccc3)cc2)c1Sc1cc(Cl)cc(Cl)c1. The molecule has 1 heterocycles. The number of hydrogen-bond acceptors (Lipinski definition) is 4. The van der Waals surface area contributed by atoms with E-state index >= 15 is 0 Å². The number of benzene rings is 3. The minimum atomic E-state index is 0.135. The maximum absolute atomic E-state index is 9.46. The van der Waals surface area contributed by atoms with Crippen LogP contribution in [0.3, 0.4) is 0 Å². The summed E-state index contributed by atoms with van der Waals surface area (Å²) in [5.74, 6) is 1.23. The van der Waals surface area contributed by atoms with Crippen LogP contribution in [0.4, 0.5) is 11.4 Å². The molecular formula is C28H29Cl2N3OS. The number of aromatic nitrogens is 2. The standard InChI is InChI=1S/C28H29Cl2N3OS/c1-19(2)27-28(35-25-16-21(29)15-22(30)17-25)33(26(32-27)9-6-14-34)18-20-10-12-24(13-11-20)31-23-7-4-3-5-8-23/h3-5,7-8,10-13,15-17,19,31,34H,6,9,14,18H2,1-2H3. The van der Waals surface area contributed by atoms with E-state index in [0.29, 0.717) is 29.4 Å². The average Bonchev–Trinajstić information content (AvgIpc) is 3.16. The number of imidazole rings is 1. The molecule has 2 N–H and O–H groups in total. The number of halogens is 2. The van der Waals surface area contributed by atoms with Gasteiger partial charge >= 0.3 is 0 Å². The van der Waals surface area contributed by atoms with Gasteiger partial charge in [0.05, 0.1) is 5.69 Å². The Morgan fingerprint density at radius 1 is 0.943 bits per heavy atom. The van der Waals surface area contributed by atoms with E-state index in [0.717, 1.165) is 32.8 Å². The van der Waals surface area contributed by atoms with Crippen molar-refractivity contribution >= 4 is 46.3 Å². The van der Waals surface area contributed by atoms with Crippen LogP contribution in [-0.2, 0) is 13.0 Å². The van der Waals surface area contributed by atoms with Gasteiger partial charge in [0.1, 0.15) is 10.9 Å². The minimum Gasteiger partial charge on any atom is -0.396 e. The van der Waals surface area contributed by atoms with Gasteiger partial charge in [-0.25, -0.2) is 4.98 Å². The Labute approximate surface area is 221 Å². The summed E-state index contributed by atoms with van der Waals surface area (Å²) in [6.45, 7) is 5.13. The quantitative estimate of drug-likeness (QED) is 0.219. The number of hydrogen-bond donors (Lipinski definition) is 2. The van der Waals surface area contributed by atoms with Crippen molar-refractivity contribution < 1.29 is 5.11 Å². The molecule has 0 saturated heterocycles. The van der Waals surface area contributed by atoms with Gasteiger partial charge in [0.2, 0.25) is 0 Å². The molecule has 0 amide bonds. The fourth-order valence-corrected chi connectivity index (χ4v) is 5.76. The van der Waals surface area contributed by atoms with Crippen LogP contribution in [0, 0.1) is 0 Å². The molecule has 0 aliphatic heterocycles. The zero-order valence-corrected chi connectivity index (χ0v) is 22.2. The van der Waals surface area contributed by atoms with Gasteiger partial charge in [-0.3, -0.25) is 0 Å². The minimum absolute atomic E-state index is 0.135. The second-order valence-electron chi connectivity index (χ2n) is 8.68. The first-order chi connectivity index (χ1) is 16.9. The number of anilines is 2. The summed E-state index contributed by atoms with van der Waals surface area (Å²) < 4.78 is 2.27. The van der Waals surface area contributed by atoms with Gasteiger partial charge in [0.25, 0.3) is 0 Å². The molecule has 4 aromatic rings. The molecule has 0 saturated carbocycles. The molecular weight excluding hydrogens is 497 g/mol. The third-order valence-electron chi connectivity index (χ3n) is 5.54. The van der Waals surface area contributed by atoms with Crippen molar-refractivity contribution in [3.63, 3.8) is 0 Å². The molecule has 0 spiro atoms. The summed E-state index contributed by atoms with van der Waals surface area (Å²) in [5.41, 5.74) is 4.31. The highest BCUT2D eigenvalue weighted by molar-refractivity contribution is 7.99. The molecule has 0 unspecified atom stereocenters. The highest BCUT2D eigenvalue weighted by atomic mass is 35.5. The van der Waals surface area contributed by atoms with Crippen LogP contribution < -0.4 is 5.32 Å². The summed E-state index contributed by atoms with van der Waals surface area (Å²) in [6.07, 6.45) is 1.38. The van der Waals surface area contributed by atoms with E-state index < -0.39 is 0 Å². The first-order valence-electron chi connectivity index (χ1n) is 11.7. The first kappa shape index (κ1) is 25.6. The number of nitrogens with zero attached hydrogens (tertiary/aromatic N) is 2. The summed E-state index contributed by atoms with van der Waals surface area (Å²) in [4.78, 5) is 5.98. The van der Waals surface area contributed by atoms with E-state index in [4.69, 9.17) is 28.2 Å². The van der Waals surface area contributed by atoms with E-state index in [9.17, 15) is 5.11 Å². The highest BCUT2D eigenvalue weighted by Gasteiger charge is 2.21. The Balaban J connectivity index is 1.66. The van der Waals surface area contributed by atoms with Crippen molar-refractivity contribution in [1.29, 1.82) is 0 Å². The molecule has 0 bridgehead atoms. The molecule has 3 aromatic carbocycles. The normalized spacial score (nSPS) is 11.3. The van der Waals surface area contributed by atoms with Crippen molar-refractivity contribution in [3.8, 4) is 0 Å². The molecule has 0 aliphatic carbocycles. The predicted molar refractivity (Wildman–Crippen MR) is 148 cm³/mol. The zero-order chi connectivity index (χ0) is 24.8. The zero-order valence-electron chi connectivity index (χ0n) is 19.8. The van der Waals surface area contributed by atoms with E-state index in [-0.39, 0.29) is 12.5 Å². The molecule has 1 aromatic heterocycles. The second-order valence-corrected chi connectivity index (χ2v) is 10.6. The summed E-state index contributed by atoms with van der Waals surface area (Å²) in [6, 6.07) is 24.2. The Kier molecular flexibility index (Phi) is 8.79. The van der Waals surface area contributed by atoms with Crippen LogP contribution >= 0.6 is 35.0 Å². The smallest absolute Gasteiger partial charge is 0.110 e. The first-order valence-corrected chi connectivity index (χ1v) is 13.3.